The van der Waals surface area contributed by atoms with Gasteiger partial charge in [0.05, 0.1) is 5.52 Å². The van der Waals surface area contributed by atoms with Crippen LogP contribution in [0.2, 0.25) is 0 Å². The van der Waals surface area contributed by atoms with E-state index in [0.717, 1.165) is 17.8 Å². The van der Waals surface area contributed by atoms with Crippen molar-refractivity contribution in [2.75, 3.05) is 0 Å². The maximum atomic E-state index is 4.18. The highest BCUT2D eigenvalue weighted by Crippen LogP contribution is 2.07. The minimum Gasteiger partial charge on any atom is -0.338 e. The summed E-state index contributed by atoms with van der Waals surface area (Å²) in [6.45, 7) is 2.10. The third-order valence-electron chi connectivity index (χ3n) is 2.75. The number of nitrogens with zero attached hydrogens (tertiary/aromatic N) is 3. The normalized spacial score (nSPS) is 9.89. The number of para-hydroxylation sites is 1. The molecule has 3 aromatic rings. The zero-order valence-corrected chi connectivity index (χ0v) is 10.7. The number of hydrogen-bond donors (Lipinski definition) is 0. The Morgan fingerprint density at radius 1 is 1.00 bits per heavy atom. The smallest absolute Gasteiger partial charge is 0.108 e. The van der Waals surface area contributed by atoms with Crippen LogP contribution in [0.25, 0.3) is 10.9 Å². The van der Waals surface area contributed by atoms with Crippen molar-refractivity contribution in [3.8, 4) is 0 Å². The van der Waals surface area contributed by atoms with Gasteiger partial charge in [-0.3, -0.25) is 4.98 Å². The molecule has 0 aliphatic carbocycles. The van der Waals surface area contributed by atoms with E-state index in [2.05, 4.69) is 29.0 Å². The van der Waals surface area contributed by atoms with Crippen molar-refractivity contribution in [2.24, 2.45) is 7.05 Å². The first-order valence-electron chi connectivity index (χ1n) is 6.07. The SMILES string of the molecule is CCc1nccn1C.c1ccc2ncccc2c1. The quantitative estimate of drug-likeness (QED) is 0.652. The zero-order valence-electron chi connectivity index (χ0n) is 10.7. The predicted octanol–water partition coefficient (Wildman–Crippen LogP) is 3.22. The maximum absolute atomic E-state index is 4.18. The third-order valence-corrected chi connectivity index (χ3v) is 2.75. The number of aromatic nitrogens is 3. The molecule has 0 spiro atoms. The van der Waals surface area contributed by atoms with Gasteiger partial charge in [-0.2, -0.15) is 0 Å². The van der Waals surface area contributed by atoms with Gasteiger partial charge in [0.25, 0.3) is 0 Å². The fourth-order valence-corrected chi connectivity index (χ4v) is 1.75. The van der Waals surface area contributed by atoms with Crippen molar-refractivity contribution in [3.63, 3.8) is 0 Å². The van der Waals surface area contributed by atoms with Crippen molar-refractivity contribution < 1.29 is 0 Å². The third kappa shape index (κ3) is 2.94. The van der Waals surface area contributed by atoms with E-state index in [4.69, 9.17) is 0 Å². The van der Waals surface area contributed by atoms with E-state index >= 15 is 0 Å². The average molecular weight is 239 g/mol. The maximum Gasteiger partial charge on any atom is 0.108 e. The van der Waals surface area contributed by atoms with E-state index in [0.29, 0.717) is 0 Å². The summed E-state index contributed by atoms with van der Waals surface area (Å²) in [6, 6.07) is 12.1. The molecular weight excluding hydrogens is 222 g/mol. The molecule has 3 nitrogen and oxygen atoms in total. The second kappa shape index (κ2) is 5.96. The minimum absolute atomic E-state index is 1.02. The molecule has 0 amide bonds. The summed E-state index contributed by atoms with van der Waals surface area (Å²) < 4.78 is 2.03. The van der Waals surface area contributed by atoms with E-state index < -0.39 is 0 Å². The summed E-state index contributed by atoms with van der Waals surface area (Å²) in [7, 11) is 2.01. The van der Waals surface area contributed by atoms with Gasteiger partial charge < -0.3 is 4.57 Å². The Balaban J connectivity index is 0.000000138. The lowest BCUT2D eigenvalue weighted by Gasteiger charge is -1.92. The molecule has 92 valence electrons. The fourth-order valence-electron chi connectivity index (χ4n) is 1.75. The second-order valence-electron chi connectivity index (χ2n) is 4.00. The summed E-state index contributed by atoms with van der Waals surface area (Å²) >= 11 is 0. The van der Waals surface area contributed by atoms with Gasteiger partial charge in [0.1, 0.15) is 5.82 Å². The average Bonchev–Trinajstić information content (AvgIpc) is 2.85. The van der Waals surface area contributed by atoms with Crippen LogP contribution in [0.15, 0.2) is 55.0 Å². The Morgan fingerprint density at radius 3 is 2.39 bits per heavy atom. The number of benzene rings is 1. The van der Waals surface area contributed by atoms with Crippen LogP contribution in [0, 0.1) is 0 Å². The Labute approximate surface area is 107 Å². The van der Waals surface area contributed by atoms with Crippen molar-refractivity contribution in [3.05, 3.63) is 60.8 Å². The van der Waals surface area contributed by atoms with Crippen LogP contribution in [0.3, 0.4) is 0 Å². The van der Waals surface area contributed by atoms with Gasteiger partial charge in [-0.05, 0) is 12.1 Å². The summed E-state index contributed by atoms with van der Waals surface area (Å²) in [5.74, 6) is 1.14. The number of imidazole rings is 1. The van der Waals surface area contributed by atoms with Crippen LogP contribution >= 0.6 is 0 Å². The highest BCUT2D eigenvalue weighted by atomic mass is 15.0. The van der Waals surface area contributed by atoms with Crippen molar-refractivity contribution in [1.29, 1.82) is 0 Å². The number of rotatable bonds is 1. The largest absolute Gasteiger partial charge is 0.338 e. The number of hydrogen-bond acceptors (Lipinski definition) is 2. The Hall–Kier alpha value is -2.16. The Morgan fingerprint density at radius 2 is 1.78 bits per heavy atom. The van der Waals surface area contributed by atoms with Gasteiger partial charge >= 0.3 is 0 Å². The standard InChI is InChI=1S/C9H7N.C6H10N2/c1-2-6-9-8(4-1)5-3-7-10-9;1-3-6-7-4-5-8(6)2/h1-7H;4-5H,3H2,1-2H3. The van der Waals surface area contributed by atoms with E-state index in [9.17, 15) is 0 Å². The van der Waals surface area contributed by atoms with Gasteiger partial charge in [-0.1, -0.05) is 31.2 Å². The monoisotopic (exact) mass is 239 g/mol. The number of fused-ring (bicyclic) bond motifs is 1. The predicted molar refractivity (Wildman–Crippen MR) is 74.3 cm³/mol. The molecule has 0 saturated carbocycles. The lowest BCUT2D eigenvalue weighted by molar-refractivity contribution is 0.808. The number of aryl methyl sites for hydroxylation is 2. The summed E-state index contributed by atoms with van der Waals surface area (Å²) in [5, 5.41) is 1.20. The van der Waals surface area contributed by atoms with E-state index in [1.54, 1.807) is 0 Å². The highest BCUT2D eigenvalue weighted by molar-refractivity contribution is 5.77. The fraction of sp³-hybridized carbons (Fsp3) is 0.200. The van der Waals surface area contributed by atoms with Gasteiger partial charge in [0, 0.05) is 37.4 Å². The van der Waals surface area contributed by atoms with E-state index in [1.807, 2.05) is 54.5 Å². The Kier molecular flexibility index (Phi) is 4.07. The molecule has 18 heavy (non-hydrogen) atoms. The minimum atomic E-state index is 1.02. The lowest BCUT2D eigenvalue weighted by atomic mass is 10.2. The van der Waals surface area contributed by atoms with Crippen LogP contribution in [-0.2, 0) is 13.5 Å². The molecule has 3 heteroatoms. The molecule has 0 atom stereocenters. The molecule has 0 saturated heterocycles. The van der Waals surface area contributed by atoms with Crippen molar-refractivity contribution >= 4 is 10.9 Å². The first-order valence-corrected chi connectivity index (χ1v) is 6.07. The molecule has 2 aromatic heterocycles. The van der Waals surface area contributed by atoms with Crippen LogP contribution < -0.4 is 0 Å². The first-order chi connectivity index (χ1) is 8.81. The summed E-state index contributed by atoms with van der Waals surface area (Å²) in [5.41, 5.74) is 1.06. The topological polar surface area (TPSA) is 30.7 Å². The second-order valence-corrected chi connectivity index (χ2v) is 4.00. The Bertz CT molecular complexity index is 548. The molecule has 0 radical (unpaired) electrons. The van der Waals surface area contributed by atoms with Crippen LogP contribution in [-0.4, -0.2) is 14.5 Å². The van der Waals surface area contributed by atoms with Crippen LogP contribution in [0.4, 0.5) is 0 Å². The first kappa shape index (κ1) is 12.3. The number of pyridine rings is 1. The van der Waals surface area contributed by atoms with E-state index in [1.165, 1.54) is 5.39 Å². The molecule has 0 aliphatic heterocycles. The lowest BCUT2D eigenvalue weighted by Crippen LogP contribution is -1.92. The van der Waals surface area contributed by atoms with Gasteiger partial charge in [0.2, 0.25) is 0 Å². The van der Waals surface area contributed by atoms with Gasteiger partial charge in [0.15, 0.2) is 0 Å². The summed E-state index contributed by atoms with van der Waals surface area (Å²) in [4.78, 5) is 8.28. The molecule has 0 N–H and O–H groups in total. The molecular formula is C15H17N3. The van der Waals surface area contributed by atoms with Gasteiger partial charge in [-0.15, -0.1) is 0 Å². The summed E-state index contributed by atoms with van der Waals surface area (Å²) in [6.07, 6.45) is 6.60. The molecule has 0 unspecified atom stereocenters. The molecule has 0 bridgehead atoms. The van der Waals surface area contributed by atoms with Crippen LogP contribution in [0.1, 0.15) is 12.7 Å². The van der Waals surface area contributed by atoms with E-state index in [-0.39, 0.29) is 0 Å². The van der Waals surface area contributed by atoms with Crippen molar-refractivity contribution in [1.82, 2.24) is 14.5 Å². The molecule has 3 rings (SSSR count). The molecule has 2 heterocycles. The van der Waals surface area contributed by atoms with Crippen LogP contribution in [0.5, 0.6) is 0 Å². The molecule has 0 fully saturated rings. The zero-order chi connectivity index (χ0) is 12.8. The van der Waals surface area contributed by atoms with Gasteiger partial charge in [-0.25, -0.2) is 4.98 Å². The molecule has 1 aromatic carbocycles. The highest BCUT2D eigenvalue weighted by Gasteiger charge is 1.90. The molecule has 0 aliphatic rings. The van der Waals surface area contributed by atoms with Crippen molar-refractivity contribution in [2.45, 2.75) is 13.3 Å².